The minimum Gasteiger partial charge on any atom is -0.444 e. The molecule has 1 N–H and O–H groups in total. The number of ether oxygens (including phenoxy) is 1. The van der Waals surface area contributed by atoms with Crippen LogP contribution in [-0.2, 0) is 17.7 Å². The molecule has 2 aliphatic rings. The van der Waals surface area contributed by atoms with Gasteiger partial charge in [0.15, 0.2) is 0 Å². The number of fused-ring (bicyclic) bond motifs is 1. The van der Waals surface area contributed by atoms with Crippen LogP contribution in [0.5, 0.6) is 0 Å². The van der Waals surface area contributed by atoms with Gasteiger partial charge in [-0.25, -0.2) is 4.79 Å². The van der Waals surface area contributed by atoms with Crippen molar-refractivity contribution in [1.82, 2.24) is 4.90 Å². The number of nitrogens with zero attached hydrogens (tertiary/aromatic N) is 1. The summed E-state index contributed by atoms with van der Waals surface area (Å²) < 4.78 is 5.55. The Kier molecular flexibility index (Phi) is 5.00. The summed E-state index contributed by atoms with van der Waals surface area (Å²) in [4.78, 5) is 14.2. The molecule has 2 aliphatic heterocycles. The molecule has 0 bridgehead atoms. The second-order valence-corrected chi connectivity index (χ2v) is 9.20. The largest absolute Gasteiger partial charge is 0.444 e. The zero-order valence-corrected chi connectivity index (χ0v) is 15.9. The van der Waals surface area contributed by atoms with Gasteiger partial charge in [0, 0.05) is 23.5 Å². The van der Waals surface area contributed by atoms with Crippen LogP contribution in [0.4, 0.5) is 10.5 Å². The summed E-state index contributed by atoms with van der Waals surface area (Å²) in [5.74, 6) is 1.22. The van der Waals surface area contributed by atoms with Gasteiger partial charge in [0.25, 0.3) is 0 Å². The highest BCUT2D eigenvalue weighted by Crippen LogP contribution is 2.32. The molecule has 0 aromatic heterocycles. The third-order valence-electron chi connectivity index (χ3n) is 4.64. The van der Waals surface area contributed by atoms with Crippen molar-refractivity contribution < 1.29 is 9.53 Å². The lowest BCUT2D eigenvalue weighted by Gasteiger charge is -2.33. The first-order valence-electron chi connectivity index (χ1n) is 8.80. The number of carbonyl (C=O) groups excluding carboxylic acids is 1. The van der Waals surface area contributed by atoms with E-state index in [1.807, 2.05) is 37.4 Å². The third kappa shape index (κ3) is 4.00. The molecule has 2 atom stereocenters. The lowest BCUT2D eigenvalue weighted by atomic mass is 9.97. The van der Waals surface area contributed by atoms with Crippen LogP contribution in [0.25, 0.3) is 0 Å². The van der Waals surface area contributed by atoms with Crippen molar-refractivity contribution in [2.24, 2.45) is 0 Å². The molecule has 0 aliphatic carbocycles. The van der Waals surface area contributed by atoms with Crippen LogP contribution in [0.1, 0.15) is 45.2 Å². The van der Waals surface area contributed by atoms with E-state index in [9.17, 15) is 4.79 Å². The Labute approximate surface area is 149 Å². The summed E-state index contributed by atoms with van der Waals surface area (Å²) in [7, 11) is 0. The molecule has 1 saturated heterocycles. The fourth-order valence-electron chi connectivity index (χ4n) is 3.32. The van der Waals surface area contributed by atoms with Gasteiger partial charge >= 0.3 is 6.09 Å². The Bertz CT molecular complexity index is 612. The number of rotatable bonds is 2. The zero-order chi connectivity index (χ0) is 17.3. The Balaban J connectivity index is 1.75. The van der Waals surface area contributed by atoms with E-state index in [2.05, 4.69) is 30.4 Å². The number of hydrogen-bond donors (Lipinski definition) is 1. The molecule has 1 fully saturated rings. The Morgan fingerprint density at radius 2 is 2.17 bits per heavy atom. The van der Waals surface area contributed by atoms with Crippen molar-refractivity contribution in [2.75, 3.05) is 17.6 Å². The highest BCUT2D eigenvalue weighted by atomic mass is 32.2. The van der Waals surface area contributed by atoms with Crippen molar-refractivity contribution in [1.29, 1.82) is 0 Å². The Hall–Kier alpha value is -1.36. The molecule has 4 nitrogen and oxygen atoms in total. The summed E-state index contributed by atoms with van der Waals surface area (Å²) in [5, 5.41) is 4.36. The van der Waals surface area contributed by atoms with E-state index in [1.165, 1.54) is 29.0 Å². The Morgan fingerprint density at radius 1 is 1.38 bits per heavy atom. The minimum atomic E-state index is -0.453. The second kappa shape index (κ2) is 6.87. The maximum absolute atomic E-state index is 12.4. The number of anilines is 1. The summed E-state index contributed by atoms with van der Waals surface area (Å²) in [6.45, 7) is 9.37. The standard InChI is InChI=1S/C19H28N2O2S/c1-13-16(9-11-24-13)20-17-7-5-6-14-8-10-21(12-15(14)17)18(22)23-19(2,3)4/h5-7,13,16,20H,8-12H2,1-4H3. The van der Waals surface area contributed by atoms with Crippen molar-refractivity contribution in [2.45, 2.75) is 64.0 Å². The van der Waals surface area contributed by atoms with Gasteiger partial charge < -0.3 is 15.0 Å². The summed E-state index contributed by atoms with van der Waals surface area (Å²) in [6.07, 6.45) is 1.87. The quantitative estimate of drug-likeness (QED) is 0.866. The average molecular weight is 349 g/mol. The van der Waals surface area contributed by atoms with Gasteiger partial charge in [-0.2, -0.15) is 11.8 Å². The van der Waals surface area contributed by atoms with E-state index in [-0.39, 0.29) is 6.09 Å². The molecule has 0 saturated carbocycles. The first-order valence-corrected chi connectivity index (χ1v) is 9.85. The van der Waals surface area contributed by atoms with E-state index < -0.39 is 5.60 Å². The smallest absolute Gasteiger partial charge is 0.410 e. The fraction of sp³-hybridized carbons (Fsp3) is 0.632. The number of hydrogen-bond acceptors (Lipinski definition) is 4. The van der Waals surface area contributed by atoms with Crippen molar-refractivity contribution in [3.05, 3.63) is 29.3 Å². The monoisotopic (exact) mass is 348 g/mol. The summed E-state index contributed by atoms with van der Waals surface area (Å²) in [6, 6.07) is 6.96. The molecule has 1 amide bonds. The molecule has 2 unspecified atom stereocenters. The highest BCUT2D eigenvalue weighted by molar-refractivity contribution is 8.00. The van der Waals surface area contributed by atoms with Gasteiger partial charge in [-0.15, -0.1) is 0 Å². The van der Waals surface area contributed by atoms with E-state index in [0.29, 0.717) is 17.8 Å². The second-order valence-electron chi connectivity index (χ2n) is 7.71. The van der Waals surface area contributed by atoms with Crippen molar-refractivity contribution in [3.63, 3.8) is 0 Å². The van der Waals surface area contributed by atoms with Gasteiger partial charge in [-0.3, -0.25) is 0 Å². The van der Waals surface area contributed by atoms with E-state index in [4.69, 9.17) is 4.74 Å². The zero-order valence-electron chi connectivity index (χ0n) is 15.1. The molecule has 1 aromatic rings. The fourth-order valence-corrected chi connectivity index (χ4v) is 4.52. The van der Waals surface area contributed by atoms with E-state index in [1.54, 1.807) is 0 Å². The molecule has 24 heavy (non-hydrogen) atoms. The number of carbonyl (C=O) groups is 1. The predicted octanol–water partition coefficient (Wildman–Crippen LogP) is 4.29. The molecular formula is C19H28N2O2S. The van der Waals surface area contributed by atoms with Crippen LogP contribution in [0.2, 0.25) is 0 Å². The lowest BCUT2D eigenvalue weighted by Crippen LogP contribution is -2.40. The van der Waals surface area contributed by atoms with Gasteiger partial charge in [-0.05, 0) is 56.6 Å². The maximum atomic E-state index is 12.4. The molecule has 1 aromatic carbocycles. The van der Waals surface area contributed by atoms with E-state index >= 15 is 0 Å². The number of nitrogens with one attached hydrogen (secondary N) is 1. The number of benzene rings is 1. The average Bonchev–Trinajstić information content (AvgIpc) is 2.91. The SMILES string of the molecule is CC1SCCC1Nc1cccc2c1CN(C(=O)OC(C)(C)C)CC2. The molecular weight excluding hydrogens is 320 g/mol. The van der Waals surface area contributed by atoms with E-state index in [0.717, 1.165) is 13.0 Å². The first kappa shape index (κ1) is 17.5. The third-order valence-corrected chi connectivity index (χ3v) is 5.97. The van der Waals surface area contributed by atoms with Crippen LogP contribution < -0.4 is 5.32 Å². The predicted molar refractivity (Wildman–Crippen MR) is 101 cm³/mol. The van der Waals surface area contributed by atoms with Crippen LogP contribution in [0.15, 0.2) is 18.2 Å². The van der Waals surface area contributed by atoms with Crippen LogP contribution in [-0.4, -0.2) is 40.2 Å². The van der Waals surface area contributed by atoms with Crippen molar-refractivity contribution in [3.8, 4) is 0 Å². The highest BCUT2D eigenvalue weighted by Gasteiger charge is 2.29. The number of thioether (sulfide) groups is 1. The topological polar surface area (TPSA) is 41.6 Å². The normalized spacial score (nSPS) is 23.8. The van der Waals surface area contributed by atoms with Gasteiger partial charge in [0.1, 0.15) is 5.60 Å². The summed E-state index contributed by atoms with van der Waals surface area (Å²) >= 11 is 2.03. The first-order chi connectivity index (χ1) is 11.3. The maximum Gasteiger partial charge on any atom is 0.410 e. The molecule has 132 valence electrons. The van der Waals surface area contributed by atoms with Gasteiger partial charge in [0.05, 0.1) is 6.54 Å². The van der Waals surface area contributed by atoms with Crippen LogP contribution in [0, 0.1) is 0 Å². The van der Waals surface area contributed by atoms with Crippen LogP contribution >= 0.6 is 11.8 Å². The van der Waals surface area contributed by atoms with Crippen molar-refractivity contribution >= 4 is 23.5 Å². The Morgan fingerprint density at radius 3 is 2.83 bits per heavy atom. The molecule has 2 heterocycles. The molecule has 0 radical (unpaired) electrons. The van der Waals surface area contributed by atoms with Crippen LogP contribution in [0.3, 0.4) is 0 Å². The number of amides is 1. The summed E-state index contributed by atoms with van der Waals surface area (Å²) in [5.41, 5.74) is 3.32. The van der Waals surface area contributed by atoms with Gasteiger partial charge in [-0.1, -0.05) is 19.1 Å². The molecule has 0 spiro atoms. The minimum absolute atomic E-state index is 0.215. The van der Waals surface area contributed by atoms with Gasteiger partial charge in [0.2, 0.25) is 0 Å². The molecule has 3 rings (SSSR count). The molecule has 5 heteroatoms. The lowest BCUT2D eigenvalue weighted by molar-refractivity contribution is 0.0224.